The number of hydrogen-bond donors (Lipinski definition) is 1. The van der Waals surface area contributed by atoms with Crippen LogP contribution in [-0.2, 0) is 9.53 Å². The fraction of sp³-hybridized carbons (Fsp3) is 0.429. The Hall–Kier alpha value is -2.29. The van der Waals surface area contributed by atoms with Crippen LogP contribution in [0.1, 0.15) is 16.8 Å². The van der Waals surface area contributed by atoms with E-state index in [0.29, 0.717) is 0 Å². The fourth-order valence-corrected chi connectivity index (χ4v) is 2.42. The highest BCUT2D eigenvalue weighted by Crippen LogP contribution is 2.26. The van der Waals surface area contributed by atoms with E-state index in [0.717, 1.165) is 17.0 Å². The highest BCUT2D eigenvalue weighted by atomic mass is 19.4. The minimum absolute atomic E-state index is 0.0522. The minimum Gasteiger partial charge on any atom is -0.480 e. The molecule has 0 bridgehead atoms. The molecule has 23 heavy (non-hydrogen) atoms. The van der Waals surface area contributed by atoms with Crippen LogP contribution in [0.25, 0.3) is 0 Å². The summed E-state index contributed by atoms with van der Waals surface area (Å²) in [7, 11) is 1.40. The third-order valence-electron chi connectivity index (χ3n) is 3.46. The zero-order valence-corrected chi connectivity index (χ0v) is 12.0. The molecule has 9 heteroatoms. The van der Waals surface area contributed by atoms with E-state index in [1.54, 1.807) is 0 Å². The second-order valence-electron chi connectivity index (χ2n) is 4.98. The highest BCUT2D eigenvalue weighted by Gasteiger charge is 2.40. The molecule has 2 unspecified atom stereocenters. The maximum absolute atomic E-state index is 12.4. The molecular weight excluding hydrogens is 319 g/mol. The molecule has 1 fully saturated rings. The van der Waals surface area contributed by atoms with Crippen molar-refractivity contribution < 1.29 is 37.3 Å². The lowest BCUT2D eigenvalue weighted by molar-refractivity contribution is -0.274. The van der Waals surface area contributed by atoms with Gasteiger partial charge in [-0.25, -0.2) is 4.79 Å². The highest BCUT2D eigenvalue weighted by molar-refractivity contribution is 5.97. The SMILES string of the molecule is COC1CC(C(=O)O)N(C(=O)c2cccc(OC(F)(F)F)c2)C1. The molecule has 1 aliphatic heterocycles. The number of carbonyl (C=O) groups excluding carboxylic acids is 1. The number of likely N-dealkylation sites (tertiary alicyclic amines) is 1. The lowest BCUT2D eigenvalue weighted by Gasteiger charge is -2.21. The van der Waals surface area contributed by atoms with Crippen LogP contribution in [0.3, 0.4) is 0 Å². The fourth-order valence-electron chi connectivity index (χ4n) is 2.42. The number of benzene rings is 1. The standard InChI is InChI=1S/C14H14F3NO5/c1-22-10-6-11(13(20)21)18(7-10)12(19)8-3-2-4-9(5-8)23-14(15,16)17/h2-5,10-11H,6-7H2,1H3,(H,20,21). The second kappa shape index (κ2) is 6.45. The van der Waals surface area contributed by atoms with E-state index in [-0.39, 0.29) is 18.5 Å². The van der Waals surface area contributed by atoms with Crippen LogP contribution >= 0.6 is 0 Å². The van der Waals surface area contributed by atoms with Gasteiger partial charge in [-0.1, -0.05) is 6.07 Å². The van der Waals surface area contributed by atoms with Crippen LogP contribution in [0.15, 0.2) is 24.3 Å². The number of carboxylic acid groups (broad SMARTS) is 1. The van der Waals surface area contributed by atoms with Gasteiger partial charge in [-0.3, -0.25) is 4.79 Å². The summed E-state index contributed by atoms with van der Waals surface area (Å²) in [5.41, 5.74) is -0.0882. The first-order chi connectivity index (χ1) is 10.7. The second-order valence-corrected chi connectivity index (χ2v) is 4.98. The van der Waals surface area contributed by atoms with E-state index in [2.05, 4.69) is 4.74 Å². The van der Waals surface area contributed by atoms with E-state index < -0.39 is 36.1 Å². The van der Waals surface area contributed by atoms with Crippen molar-refractivity contribution in [1.82, 2.24) is 4.90 Å². The molecule has 1 saturated heterocycles. The lowest BCUT2D eigenvalue weighted by atomic mass is 10.1. The van der Waals surface area contributed by atoms with Crippen molar-refractivity contribution in [2.24, 2.45) is 0 Å². The monoisotopic (exact) mass is 333 g/mol. The molecule has 2 atom stereocenters. The number of halogens is 3. The van der Waals surface area contributed by atoms with E-state index in [4.69, 9.17) is 4.74 Å². The van der Waals surface area contributed by atoms with Gasteiger partial charge >= 0.3 is 12.3 Å². The lowest BCUT2D eigenvalue weighted by Crippen LogP contribution is -2.40. The van der Waals surface area contributed by atoms with Gasteiger partial charge < -0.3 is 19.5 Å². The number of alkyl halides is 3. The summed E-state index contributed by atoms with van der Waals surface area (Å²) >= 11 is 0. The molecule has 1 aromatic carbocycles. The number of methoxy groups -OCH3 is 1. The Balaban J connectivity index is 2.22. The molecule has 6 nitrogen and oxygen atoms in total. The van der Waals surface area contributed by atoms with Crippen LogP contribution in [0.5, 0.6) is 5.75 Å². The van der Waals surface area contributed by atoms with Crippen molar-refractivity contribution in [2.75, 3.05) is 13.7 Å². The summed E-state index contributed by atoms with van der Waals surface area (Å²) < 4.78 is 45.5. The molecular formula is C14H14F3NO5. The van der Waals surface area contributed by atoms with Crippen LogP contribution in [0, 0.1) is 0 Å². The smallest absolute Gasteiger partial charge is 0.480 e. The molecule has 0 aromatic heterocycles. The van der Waals surface area contributed by atoms with Crippen LogP contribution < -0.4 is 4.74 Å². The summed E-state index contributed by atoms with van der Waals surface area (Å²) in [5, 5.41) is 9.18. The first kappa shape index (κ1) is 17.1. The zero-order valence-electron chi connectivity index (χ0n) is 12.0. The molecule has 1 N–H and O–H groups in total. The summed E-state index contributed by atoms with van der Waals surface area (Å²) in [6.45, 7) is 0.0522. The summed E-state index contributed by atoms with van der Waals surface area (Å²) in [6.07, 6.45) is -5.19. The first-order valence-electron chi connectivity index (χ1n) is 6.63. The van der Waals surface area contributed by atoms with Gasteiger partial charge in [0.05, 0.1) is 6.10 Å². The van der Waals surface area contributed by atoms with Gasteiger partial charge in [0.1, 0.15) is 11.8 Å². The molecule has 1 heterocycles. The number of hydrogen-bond acceptors (Lipinski definition) is 4. The Morgan fingerprint density at radius 2 is 2.04 bits per heavy atom. The van der Waals surface area contributed by atoms with Gasteiger partial charge in [0.25, 0.3) is 5.91 Å². The van der Waals surface area contributed by atoms with Crippen molar-refractivity contribution in [3.63, 3.8) is 0 Å². The van der Waals surface area contributed by atoms with Gasteiger partial charge in [0, 0.05) is 25.6 Å². The topological polar surface area (TPSA) is 76.1 Å². The Labute approximate surface area is 129 Å². The van der Waals surface area contributed by atoms with Crippen LogP contribution in [-0.4, -0.2) is 54.0 Å². The third-order valence-corrected chi connectivity index (χ3v) is 3.46. The van der Waals surface area contributed by atoms with Gasteiger partial charge in [-0.15, -0.1) is 13.2 Å². The van der Waals surface area contributed by atoms with Gasteiger partial charge in [-0.05, 0) is 18.2 Å². The molecule has 1 aliphatic rings. The Kier molecular flexibility index (Phi) is 4.79. The normalized spacial score (nSPS) is 21.3. The number of rotatable bonds is 4. The quantitative estimate of drug-likeness (QED) is 0.911. The van der Waals surface area contributed by atoms with Crippen molar-refractivity contribution in [3.05, 3.63) is 29.8 Å². The number of aliphatic carboxylic acids is 1. The number of amides is 1. The van der Waals surface area contributed by atoms with Gasteiger partial charge in [-0.2, -0.15) is 0 Å². The van der Waals surface area contributed by atoms with Gasteiger partial charge in [0.15, 0.2) is 0 Å². The zero-order chi connectivity index (χ0) is 17.2. The largest absolute Gasteiger partial charge is 0.573 e. The van der Waals surface area contributed by atoms with E-state index in [1.807, 2.05) is 0 Å². The Morgan fingerprint density at radius 1 is 1.35 bits per heavy atom. The molecule has 0 radical (unpaired) electrons. The maximum atomic E-state index is 12.4. The molecule has 0 aliphatic carbocycles. The van der Waals surface area contributed by atoms with Crippen LogP contribution in [0.4, 0.5) is 13.2 Å². The average molecular weight is 333 g/mol. The summed E-state index contributed by atoms with van der Waals surface area (Å²) in [6, 6.07) is 3.42. The minimum atomic E-state index is -4.87. The molecule has 126 valence electrons. The molecule has 1 aromatic rings. The number of ether oxygens (including phenoxy) is 2. The third kappa shape index (κ3) is 4.13. The number of nitrogens with zero attached hydrogens (tertiary/aromatic N) is 1. The molecule has 2 rings (SSSR count). The molecule has 0 saturated carbocycles. The number of carboxylic acids is 1. The summed E-state index contributed by atoms with van der Waals surface area (Å²) in [5.74, 6) is -2.43. The van der Waals surface area contributed by atoms with Crippen LogP contribution in [0.2, 0.25) is 0 Å². The van der Waals surface area contributed by atoms with Crippen molar-refractivity contribution in [3.8, 4) is 5.75 Å². The van der Waals surface area contributed by atoms with Gasteiger partial charge in [0.2, 0.25) is 0 Å². The van der Waals surface area contributed by atoms with E-state index >= 15 is 0 Å². The first-order valence-corrected chi connectivity index (χ1v) is 6.63. The predicted molar refractivity (Wildman–Crippen MR) is 71.0 cm³/mol. The van der Waals surface area contributed by atoms with Crippen molar-refractivity contribution in [1.29, 1.82) is 0 Å². The maximum Gasteiger partial charge on any atom is 0.573 e. The predicted octanol–water partition coefficient (Wildman–Crippen LogP) is 1.90. The molecule has 0 spiro atoms. The van der Waals surface area contributed by atoms with E-state index in [9.17, 15) is 27.9 Å². The Bertz CT molecular complexity index is 604. The Morgan fingerprint density at radius 3 is 2.61 bits per heavy atom. The van der Waals surface area contributed by atoms with Crippen molar-refractivity contribution in [2.45, 2.75) is 24.9 Å². The average Bonchev–Trinajstić information content (AvgIpc) is 2.89. The molecule has 1 amide bonds. The van der Waals surface area contributed by atoms with Crippen molar-refractivity contribution >= 4 is 11.9 Å². The van der Waals surface area contributed by atoms with E-state index in [1.165, 1.54) is 19.2 Å². The summed E-state index contributed by atoms with van der Waals surface area (Å²) in [4.78, 5) is 24.7. The number of carbonyl (C=O) groups is 2.